The molecule has 4 heteroatoms. The predicted molar refractivity (Wildman–Crippen MR) is 84.2 cm³/mol. The third-order valence-electron chi connectivity index (χ3n) is 4.12. The second kappa shape index (κ2) is 8.15. The molecule has 21 heavy (non-hydrogen) atoms. The van der Waals surface area contributed by atoms with Gasteiger partial charge in [0.1, 0.15) is 0 Å². The fourth-order valence-corrected chi connectivity index (χ4v) is 2.80. The summed E-state index contributed by atoms with van der Waals surface area (Å²) < 4.78 is 4.77. The number of likely N-dealkylation sites (N-methyl/N-ethyl adjacent to an activating group) is 1. The summed E-state index contributed by atoms with van der Waals surface area (Å²) in [4.78, 5) is 16.3. The number of carbonyl (C=O) groups excluding carboxylic acids is 1. The third kappa shape index (κ3) is 5.14. The van der Waals surface area contributed by atoms with Crippen molar-refractivity contribution < 1.29 is 9.53 Å². The van der Waals surface area contributed by atoms with E-state index in [0.717, 1.165) is 25.2 Å². The van der Waals surface area contributed by atoms with Crippen molar-refractivity contribution in [3.05, 3.63) is 35.4 Å². The van der Waals surface area contributed by atoms with Gasteiger partial charge in [-0.15, -0.1) is 0 Å². The summed E-state index contributed by atoms with van der Waals surface area (Å²) in [6.07, 6.45) is 3.03. The van der Waals surface area contributed by atoms with E-state index in [-0.39, 0.29) is 5.97 Å². The maximum Gasteiger partial charge on any atom is 0.309 e. The summed E-state index contributed by atoms with van der Waals surface area (Å²) in [7, 11) is 3.58. The number of methoxy groups -OCH3 is 1. The number of likely N-dealkylation sites (tertiary alicyclic amines) is 1. The van der Waals surface area contributed by atoms with Gasteiger partial charge in [-0.2, -0.15) is 0 Å². The Labute approximate surface area is 127 Å². The monoisotopic (exact) mass is 290 g/mol. The second-order valence-corrected chi connectivity index (χ2v) is 5.81. The number of benzene rings is 1. The van der Waals surface area contributed by atoms with Crippen LogP contribution in [0.2, 0.25) is 0 Å². The summed E-state index contributed by atoms with van der Waals surface area (Å²) in [6.45, 7) is 5.56. The summed E-state index contributed by atoms with van der Waals surface area (Å²) in [6, 6.07) is 8.13. The van der Waals surface area contributed by atoms with Crippen LogP contribution in [0.5, 0.6) is 0 Å². The van der Waals surface area contributed by atoms with E-state index in [1.807, 2.05) is 18.2 Å². The first-order chi connectivity index (χ1) is 10.2. The van der Waals surface area contributed by atoms with Crippen molar-refractivity contribution >= 4 is 5.97 Å². The summed E-state index contributed by atoms with van der Waals surface area (Å²) in [5.41, 5.74) is 2.28. The molecule has 1 aliphatic heterocycles. The lowest BCUT2D eigenvalue weighted by atomic mass is 10.0. The van der Waals surface area contributed by atoms with Gasteiger partial charge < -0.3 is 14.5 Å². The molecule has 0 bridgehead atoms. The summed E-state index contributed by atoms with van der Waals surface area (Å²) in [5, 5.41) is 0. The zero-order valence-electron chi connectivity index (χ0n) is 13.2. The largest absolute Gasteiger partial charge is 0.469 e. The van der Waals surface area contributed by atoms with Gasteiger partial charge >= 0.3 is 5.97 Å². The molecule has 2 rings (SSSR count). The number of rotatable bonds is 7. The van der Waals surface area contributed by atoms with Gasteiger partial charge in [0.2, 0.25) is 0 Å². The fourth-order valence-electron chi connectivity index (χ4n) is 2.80. The van der Waals surface area contributed by atoms with Crippen molar-refractivity contribution in [2.24, 2.45) is 0 Å². The molecule has 0 N–H and O–H groups in total. The Balaban J connectivity index is 1.87. The van der Waals surface area contributed by atoms with Gasteiger partial charge in [0.05, 0.1) is 13.5 Å². The first-order valence-electron chi connectivity index (χ1n) is 7.73. The highest BCUT2D eigenvalue weighted by atomic mass is 16.5. The number of hydrogen-bond acceptors (Lipinski definition) is 4. The van der Waals surface area contributed by atoms with E-state index >= 15 is 0 Å². The molecule has 116 valence electrons. The molecule has 0 saturated carbocycles. The SMILES string of the molecule is COC(=O)Cc1ccccc1CN(C)CCN1CCCC1. The second-order valence-electron chi connectivity index (χ2n) is 5.81. The van der Waals surface area contributed by atoms with Crippen molar-refractivity contribution in [3.63, 3.8) is 0 Å². The van der Waals surface area contributed by atoms with Crippen molar-refractivity contribution in [1.29, 1.82) is 0 Å². The molecule has 0 aliphatic carbocycles. The minimum Gasteiger partial charge on any atom is -0.469 e. The zero-order chi connectivity index (χ0) is 15.1. The molecule has 1 heterocycles. The number of ether oxygens (including phenoxy) is 1. The van der Waals surface area contributed by atoms with Crippen molar-refractivity contribution in [3.8, 4) is 0 Å². The smallest absolute Gasteiger partial charge is 0.309 e. The van der Waals surface area contributed by atoms with E-state index in [2.05, 4.69) is 22.9 Å². The normalized spacial score (nSPS) is 15.6. The van der Waals surface area contributed by atoms with Gasteiger partial charge in [-0.1, -0.05) is 24.3 Å². The van der Waals surface area contributed by atoms with E-state index in [1.54, 1.807) is 0 Å². The van der Waals surface area contributed by atoms with Crippen LogP contribution >= 0.6 is 0 Å². The van der Waals surface area contributed by atoms with Crippen molar-refractivity contribution in [1.82, 2.24) is 9.80 Å². The Bertz CT molecular complexity index is 456. The molecule has 1 aliphatic rings. The lowest BCUT2D eigenvalue weighted by Crippen LogP contribution is -2.31. The Kier molecular flexibility index (Phi) is 6.21. The molecule has 4 nitrogen and oxygen atoms in total. The van der Waals surface area contributed by atoms with Gasteiger partial charge in [-0.25, -0.2) is 0 Å². The van der Waals surface area contributed by atoms with Crippen LogP contribution in [0.3, 0.4) is 0 Å². The Morgan fingerprint density at radius 1 is 1.24 bits per heavy atom. The minimum absolute atomic E-state index is 0.179. The number of nitrogens with zero attached hydrogens (tertiary/aromatic N) is 2. The standard InChI is InChI=1S/C17H26N2O2/c1-18(11-12-19-9-5-6-10-19)14-16-8-4-3-7-15(16)13-17(20)21-2/h3-4,7-8H,5-6,9-14H2,1-2H3. The molecular formula is C17H26N2O2. The molecule has 1 saturated heterocycles. The number of esters is 1. The molecule has 1 aromatic rings. The zero-order valence-corrected chi connectivity index (χ0v) is 13.2. The highest BCUT2D eigenvalue weighted by molar-refractivity contribution is 5.72. The average Bonchev–Trinajstić information content (AvgIpc) is 3.00. The van der Waals surface area contributed by atoms with Crippen LogP contribution in [0.4, 0.5) is 0 Å². The average molecular weight is 290 g/mol. The molecule has 1 fully saturated rings. The highest BCUT2D eigenvalue weighted by Gasteiger charge is 2.13. The molecule has 0 unspecified atom stereocenters. The predicted octanol–water partition coefficient (Wildman–Crippen LogP) is 1.93. The van der Waals surface area contributed by atoms with Gasteiger partial charge in [0.15, 0.2) is 0 Å². The van der Waals surface area contributed by atoms with Crippen LogP contribution in [-0.4, -0.2) is 56.1 Å². The van der Waals surface area contributed by atoms with Crippen molar-refractivity contribution in [2.45, 2.75) is 25.8 Å². The van der Waals surface area contributed by atoms with Gasteiger partial charge in [-0.05, 0) is 44.1 Å². The molecule has 0 amide bonds. The van der Waals surface area contributed by atoms with E-state index in [0.29, 0.717) is 6.42 Å². The van der Waals surface area contributed by atoms with E-state index in [1.165, 1.54) is 38.6 Å². The Morgan fingerprint density at radius 3 is 2.57 bits per heavy atom. The van der Waals surface area contributed by atoms with Crippen LogP contribution in [0, 0.1) is 0 Å². The van der Waals surface area contributed by atoms with E-state index < -0.39 is 0 Å². The quantitative estimate of drug-likeness (QED) is 0.718. The van der Waals surface area contributed by atoms with Crippen LogP contribution in [0.1, 0.15) is 24.0 Å². The molecule has 0 aromatic heterocycles. The van der Waals surface area contributed by atoms with E-state index in [9.17, 15) is 4.79 Å². The van der Waals surface area contributed by atoms with Crippen LogP contribution in [0.25, 0.3) is 0 Å². The Morgan fingerprint density at radius 2 is 1.90 bits per heavy atom. The number of carbonyl (C=O) groups is 1. The maximum atomic E-state index is 11.5. The molecule has 0 radical (unpaired) electrons. The van der Waals surface area contributed by atoms with Crippen LogP contribution in [0.15, 0.2) is 24.3 Å². The Hall–Kier alpha value is -1.39. The summed E-state index contributed by atoms with van der Waals surface area (Å²) >= 11 is 0. The lowest BCUT2D eigenvalue weighted by Gasteiger charge is -2.22. The van der Waals surface area contributed by atoms with Crippen LogP contribution < -0.4 is 0 Å². The highest BCUT2D eigenvalue weighted by Crippen LogP contribution is 2.13. The lowest BCUT2D eigenvalue weighted by molar-refractivity contribution is -0.139. The van der Waals surface area contributed by atoms with Gasteiger partial charge in [-0.3, -0.25) is 4.79 Å². The summed E-state index contributed by atoms with van der Waals surface area (Å²) in [5.74, 6) is -0.179. The molecule has 0 atom stereocenters. The third-order valence-corrected chi connectivity index (χ3v) is 4.12. The maximum absolute atomic E-state index is 11.5. The topological polar surface area (TPSA) is 32.8 Å². The molecule has 0 spiro atoms. The molecule has 1 aromatic carbocycles. The van der Waals surface area contributed by atoms with Gasteiger partial charge in [0.25, 0.3) is 0 Å². The fraction of sp³-hybridized carbons (Fsp3) is 0.588. The number of hydrogen-bond donors (Lipinski definition) is 0. The first kappa shape index (κ1) is 16.0. The van der Waals surface area contributed by atoms with Gasteiger partial charge in [0, 0.05) is 19.6 Å². The first-order valence-corrected chi connectivity index (χ1v) is 7.73. The minimum atomic E-state index is -0.179. The van der Waals surface area contributed by atoms with Crippen LogP contribution in [-0.2, 0) is 22.5 Å². The van der Waals surface area contributed by atoms with Crippen molar-refractivity contribution in [2.75, 3.05) is 40.3 Å². The molecular weight excluding hydrogens is 264 g/mol. The van der Waals surface area contributed by atoms with E-state index in [4.69, 9.17) is 4.74 Å².